The molecule has 1 fully saturated rings. The summed E-state index contributed by atoms with van der Waals surface area (Å²) in [6.45, 7) is 0. The number of allylic oxidation sites excluding steroid dienone is 4. The van der Waals surface area contributed by atoms with Gasteiger partial charge in [0.25, 0.3) is 0 Å². The van der Waals surface area contributed by atoms with Crippen molar-refractivity contribution in [3.63, 3.8) is 0 Å². The summed E-state index contributed by atoms with van der Waals surface area (Å²) >= 11 is 0. The Balaban J connectivity index is 2.08. The van der Waals surface area contributed by atoms with Crippen LogP contribution in [0.4, 0.5) is 0 Å². The first-order valence-corrected chi connectivity index (χ1v) is 6.17. The average Bonchev–Trinajstić information content (AvgIpc) is 2.58. The molecule has 66 valence electrons. The standard InChI is InChI=1S/C11H18Si/c12-11(8-4-1-5-9-11)10-6-2-3-7-10/h2-3,6H,1,4-5,7-9H2,12H3. The van der Waals surface area contributed by atoms with Crippen LogP contribution in [0.1, 0.15) is 38.5 Å². The Kier molecular flexibility index (Phi) is 2.22. The fraction of sp³-hybridized carbons (Fsp3) is 0.636. The Morgan fingerprint density at radius 2 is 1.92 bits per heavy atom. The molecule has 2 rings (SSSR count). The molecular weight excluding hydrogens is 160 g/mol. The molecule has 1 heteroatoms. The summed E-state index contributed by atoms with van der Waals surface area (Å²) in [5.41, 5.74) is 1.74. The quantitative estimate of drug-likeness (QED) is 0.541. The second-order valence-corrected chi connectivity index (χ2v) is 6.36. The van der Waals surface area contributed by atoms with Gasteiger partial charge in [0.05, 0.1) is 0 Å². The Labute approximate surface area is 78.2 Å². The molecule has 12 heavy (non-hydrogen) atoms. The highest BCUT2D eigenvalue weighted by atomic mass is 28.1. The lowest BCUT2D eigenvalue weighted by Gasteiger charge is -2.35. The van der Waals surface area contributed by atoms with Crippen LogP contribution in [0.25, 0.3) is 0 Å². The first kappa shape index (κ1) is 8.30. The van der Waals surface area contributed by atoms with Gasteiger partial charge in [0.2, 0.25) is 0 Å². The largest absolute Gasteiger partial charge is 0.0805 e. The second-order valence-electron chi connectivity index (χ2n) is 4.45. The predicted octanol–water partition coefficient (Wildman–Crippen LogP) is 2.36. The van der Waals surface area contributed by atoms with Gasteiger partial charge < -0.3 is 0 Å². The zero-order valence-electron chi connectivity index (χ0n) is 7.97. The van der Waals surface area contributed by atoms with E-state index in [9.17, 15) is 0 Å². The van der Waals surface area contributed by atoms with Crippen LogP contribution in [-0.2, 0) is 0 Å². The van der Waals surface area contributed by atoms with Crippen molar-refractivity contribution in [3.8, 4) is 0 Å². The summed E-state index contributed by atoms with van der Waals surface area (Å²) in [7, 11) is 1.36. The number of rotatable bonds is 1. The van der Waals surface area contributed by atoms with Crippen LogP contribution >= 0.6 is 0 Å². The van der Waals surface area contributed by atoms with Gasteiger partial charge in [0.15, 0.2) is 0 Å². The molecule has 0 amide bonds. The van der Waals surface area contributed by atoms with E-state index in [1.54, 1.807) is 5.57 Å². The van der Waals surface area contributed by atoms with E-state index in [2.05, 4.69) is 18.2 Å². The molecule has 0 aromatic rings. The van der Waals surface area contributed by atoms with Gasteiger partial charge in [-0.25, -0.2) is 0 Å². The third kappa shape index (κ3) is 1.42. The van der Waals surface area contributed by atoms with Crippen molar-refractivity contribution in [1.82, 2.24) is 0 Å². The smallest absolute Gasteiger partial charge is 0.0158 e. The van der Waals surface area contributed by atoms with E-state index in [0.29, 0.717) is 5.04 Å². The lowest BCUT2D eigenvalue weighted by Crippen LogP contribution is -2.18. The molecule has 0 nitrogen and oxygen atoms in total. The fourth-order valence-corrected chi connectivity index (χ4v) is 3.63. The summed E-state index contributed by atoms with van der Waals surface area (Å²) in [6, 6.07) is 0. The van der Waals surface area contributed by atoms with E-state index < -0.39 is 0 Å². The molecule has 0 atom stereocenters. The molecular formula is C11H18Si. The molecule has 0 aromatic heterocycles. The summed E-state index contributed by atoms with van der Waals surface area (Å²) < 4.78 is 0. The van der Waals surface area contributed by atoms with Gasteiger partial charge in [-0.05, 0) is 24.3 Å². The van der Waals surface area contributed by atoms with Crippen LogP contribution in [0, 0.1) is 0 Å². The molecule has 0 spiro atoms. The topological polar surface area (TPSA) is 0 Å². The summed E-state index contributed by atoms with van der Waals surface area (Å²) in [5, 5.41) is 0.696. The van der Waals surface area contributed by atoms with Crippen molar-refractivity contribution < 1.29 is 0 Å². The minimum Gasteiger partial charge on any atom is -0.0805 e. The van der Waals surface area contributed by atoms with E-state index in [1.807, 2.05) is 0 Å². The lowest BCUT2D eigenvalue weighted by atomic mass is 9.82. The van der Waals surface area contributed by atoms with Crippen molar-refractivity contribution >= 4 is 10.2 Å². The Bertz CT molecular complexity index is 219. The van der Waals surface area contributed by atoms with Crippen molar-refractivity contribution in [1.29, 1.82) is 0 Å². The maximum atomic E-state index is 2.37. The van der Waals surface area contributed by atoms with Crippen molar-refractivity contribution in [2.45, 2.75) is 43.6 Å². The fourth-order valence-electron chi connectivity index (χ4n) is 2.55. The molecule has 0 aromatic carbocycles. The van der Waals surface area contributed by atoms with Crippen LogP contribution in [0.5, 0.6) is 0 Å². The zero-order valence-corrected chi connectivity index (χ0v) is 9.97. The first-order valence-electron chi connectivity index (χ1n) is 5.17. The van der Waals surface area contributed by atoms with Gasteiger partial charge in [-0.2, -0.15) is 0 Å². The van der Waals surface area contributed by atoms with E-state index in [-0.39, 0.29) is 0 Å². The number of hydrogen-bond acceptors (Lipinski definition) is 0. The van der Waals surface area contributed by atoms with Crippen LogP contribution < -0.4 is 0 Å². The summed E-state index contributed by atoms with van der Waals surface area (Å²) in [6.07, 6.45) is 15.6. The maximum Gasteiger partial charge on any atom is 0.0158 e. The molecule has 0 aliphatic heterocycles. The highest BCUT2D eigenvalue weighted by Gasteiger charge is 2.30. The normalized spacial score (nSPS) is 27.5. The van der Waals surface area contributed by atoms with Crippen LogP contribution in [0.15, 0.2) is 23.8 Å². The second kappa shape index (κ2) is 3.21. The third-order valence-corrected chi connectivity index (χ3v) is 5.15. The van der Waals surface area contributed by atoms with E-state index in [0.717, 1.165) is 0 Å². The highest BCUT2D eigenvalue weighted by molar-refractivity contribution is 6.17. The SMILES string of the molecule is [SiH3]C1(C2=CC=CC2)CCCCC1. The van der Waals surface area contributed by atoms with Crippen molar-refractivity contribution in [3.05, 3.63) is 23.8 Å². The highest BCUT2D eigenvalue weighted by Crippen LogP contribution is 2.48. The molecule has 0 heterocycles. The van der Waals surface area contributed by atoms with Gasteiger partial charge in [0, 0.05) is 10.2 Å². The monoisotopic (exact) mass is 178 g/mol. The molecule has 2 aliphatic carbocycles. The molecule has 0 unspecified atom stereocenters. The average molecular weight is 178 g/mol. The Hall–Kier alpha value is -0.303. The lowest BCUT2D eigenvalue weighted by molar-refractivity contribution is 0.418. The minimum atomic E-state index is 0.696. The molecule has 0 N–H and O–H groups in total. The maximum absolute atomic E-state index is 2.37. The molecule has 0 saturated heterocycles. The minimum absolute atomic E-state index is 0.696. The van der Waals surface area contributed by atoms with Gasteiger partial charge >= 0.3 is 0 Å². The molecule has 0 bridgehead atoms. The zero-order chi connectivity index (χ0) is 8.44. The van der Waals surface area contributed by atoms with E-state index in [1.165, 1.54) is 48.8 Å². The summed E-state index contributed by atoms with van der Waals surface area (Å²) in [4.78, 5) is 0. The third-order valence-electron chi connectivity index (χ3n) is 3.50. The van der Waals surface area contributed by atoms with Gasteiger partial charge in [-0.15, -0.1) is 0 Å². The van der Waals surface area contributed by atoms with Gasteiger partial charge in [-0.3, -0.25) is 0 Å². The van der Waals surface area contributed by atoms with E-state index >= 15 is 0 Å². The molecule has 1 saturated carbocycles. The predicted molar refractivity (Wildman–Crippen MR) is 57.6 cm³/mol. The van der Waals surface area contributed by atoms with Gasteiger partial charge in [-0.1, -0.05) is 43.1 Å². The molecule has 2 aliphatic rings. The van der Waals surface area contributed by atoms with Crippen LogP contribution in [0.2, 0.25) is 5.04 Å². The van der Waals surface area contributed by atoms with Crippen LogP contribution in [0.3, 0.4) is 0 Å². The van der Waals surface area contributed by atoms with Gasteiger partial charge in [0.1, 0.15) is 0 Å². The molecule has 0 radical (unpaired) electrons. The summed E-state index contributed by atoms with van der Waals surface area (Å²) in [5.74, 6) is 0. The Morgan fingerprint density at radius 3 is 2.50 bits per heavy atom. The van der Waals surface area contributed by atoms with Crippen molar-refractivity contribution in [2.75, 3.05) is 0 Å². The van der Waals surface area contributed by atoms with Crippen LogP contribution in [-0.4, -0.2) is 10.2 Å². The first-order chi connectivity index (χ1) is 5.81. The van der Waals surface area contributed by atoms with E-state index in [4.69, 9.17) is 0 Å². The Morgan fingerprint density at radius 1 is 1.17 bits per heavy atom. The van der Waals surface area contributed by atoms with Crippen molar-refractivity contribution in [2.24, 2.45) is 0 Å². The number of hydrogen-bond donors (Lipinski definition) is 0.